The van der Waals surface area contributed by atoms with Crippen molar-refractivity contribution in [1.29, 1.82) is 0 Å². The van der Waals surface area contributed by atoms with E-state index in [1.807, 2.05) is 0 Å². The molecular weight excluding hydrogens is 274 g/mol. The van der Waals surface area contributed by atoms with Gasteiger partial charge in [-0.3, -0.25) is 9.69 Å². The molecule has 3 nitrogen and oxygen atoms in total. The van der Waals surface area contributed by atoms with Gasteiger partial charge in [0.25, 0.3) is 0 Å². The summed E-state index contributed by atoms with van der Waals surface area (Å²) in [6.07, 6.45) is 4.68. The van der Waals surface area contributed by atoms with Crippen LogP contribution in [0.3, 0.4) is 0 Å². The van der Waals surface area contributed by atoms with Crippen LogP contribution in [0.15, 0.2) is 18.2 Å². The lowest BCUT2D eigenvalue weighted by Crippen LogP contribution is -2.31. The Balaban J connectivity index is 1.98. The zero-order valence-electron chi connectivity index (χ0n) is 12.2. The molecule has 116 valence electrons. The second kappa shape index (κ2) is 8.08. The molecule has 1 fully saturated rings. The molecule has 0 aromatic heterocycles. The molecule has 1 aromatic carbocycles. The number of carbonyl (C=O) groups excluding carboxylic acids is 1. The van der Waals surface area contributed by atoms with E-state index in [4.69, 9.17) is 0 Å². The Labute approximate surface area is 124 Å². The van der Waals surface area contributed by atoms with E-state index in [2.05, 4.69) is 10.2 Å². The van der Waals surface area contributed by atoms with Gasteiger partial charge in [-0.2, -0.15) is 0 Å². The van der Waals surface area contributed by atoms with E-state index in [0.29, 0.717) is 25.1 Å². The molecule has 0 unspecified atom stereocenters. The highest BCUT2D eigenvalue weighted by Crippen LogP contribution is 2.14. The van der Waals surface area contributed by atoms with Crippen molar-refractivity contribution in [3.8, 4) is 0 Å². The Hall–Kier alpha value is -1.49. The summed E-state index contributed by atoms with van der Waals surface area (Å²) in [6, 6.07) is 3.67. The first-order valence-electron chi connectivity index (χ1n) is 7.58. The molecule has 5 heteroatoms. The van der Waals surface area contributed by atoms with Crippen molar-refractivity contribution < 1.29 is 13.6 Å². The van der Waals surface area contributed by atoms with Crippen molar-refractivity contribution in [2.75, 3.05) is 19.6 Å². The molecule has 0 atom stereocenters. The first-order valence-corrected chi connectivity index (χ1v) is 7.58. The number of hydrogen-bond donors (Lipinski definition) is 1. The Morgan fingerprint density at radius 3 is 2.71 bits per heavy atom. The van der Waals surface area contributed by atoms with Crippen molar-refractivity contribution in [3.05, 3.63) is 35.4 Å². The van der Waals surface area contributed by atoms with Gasteiger partial charge in [-0.05, 0) is 25.5 Å². The molecule has 1 aromatic rings. The summed E-state index contributed by atoms with van der Waals surface area (Å²) in [5.41, 5.74) is 0.478. The van der Waals surface area contributed by atoms with E-state index in [-0.39, 0.29) is 5.91 Å². The van der Waals surface area contributed by atoms with Crippen LogP contribution in [0.5, 0.6) is 0 Å². The fraction of sp³-hybridized carbons (Fsp3) is 0.562. The third kappa shape index (κ3) is 5.42. The minimum Gasteiger partial charge on any atom is -0.356 e. The van der Waals surface area contributed by atoms with Crippen LogP contribution >= 0.6 is 0 Å². The van der Waals surface area contributed by atoms with E-state index >= 15 is 0 Å². The van der Waals surface area contributed by atoms with Crippen LogP contribution in [-0.4, -0.2) is 30.4 Å². The highest BCUT2D eigenvalue weighted by molar-refractivity contribution is 5.76. The van der Waals surface area contributed by atoms with Crippen molar-refractivity contribution in [3.63, 3.8) is 0 Å². The molecule has 0 radical (unpaired) electrons. The van der Waals surface area contributed by atoms with Gasteiger partial charge in [0.15, 0.2) is 0 Å². The average Bonchev–Trinajstić information content (AvgIpc) is 2.49. The largest absolute Gasteiger partial charge is 0.356 e. The fourth-order valence-corrected chi connectivity index (χ4v) is 2.55. The van der Waals surface area contributed by atoms with Crippen LogP contribution in [0.4, 0.5) is 8.78 Å². The number of hydrogen-bond acceptors (Lipinski definition) is 2. The first kappa shape index (κ1) is 15.9. The lowest BCUT2D eigenvalue weighted by Gasteiger charge is -2.22. The molecule has 0 saturated carbocycles. The topological polar surface area (TPSA) is 32.3 Å². The van der Waals surface area contributed by atoms with Gasteiger partial charge < -0.3 is 5.32 Å². The van der Waals surface area contributed by atoms with Crippen molar-refractivity contribution in [2.45, 2.75) is 38.6 Å². The van der Waals surface area contributed by atoms with Crippen LogP contribution in [-0.2, 0) is 11.3 Å². The quantitative estimate of drug-likeness (QED) is 0.910. The summed E-state index contributed by atoms with van der Waals surface area (Å²) in [5, 5.41) is 2.89. The van der Waals surface area contributed by atoms with E-state index < -0.39 is 11.6 Å². The van der Waals surface area contributed by atoms with Crippen LogP contribution in [0.1, 0.15) is 37.7 Å². The van der Waals surface area contributed by atoms with Crippen molar-refractivity contribution >= 4 is 5.91 Å². The lowest BCUT2D eigenvalue weighted by atomic mass is 10.1. The zero-order valence-corrected chi connectivity index (χ0v) is 12.2. The van der Waals surface area contributed by atoms with E-state index in [0.717, 1.165) is 44.8 Å². The highest BCUT2D eigenvalue weighted by atomic mass is 19.1. The van der Waals surface area contributed by atoms with Gasteiger partial charge >= 0.3 is 0 Å². The lowest BCUT2D eigenvalue weighted by molar-refractivity contribution is -0.121. The van der Waals surface area contributed by atoms with Crippen molar-refractivity contribution in [1.82, 2.24) is 10.2 Å². The van der Waals surface area contributed by atoms with Crippen LogP contribution in [0.2, 0.25) is 0 Å². The normalized spacial score (nSPS) is 18.9. The summed E-state index contributed by atoms with van der Waals surface area (Å²) < 4.78 is 26.7. The Bertz CT molecular complexity index is 479. The maximum atomic E-state index is 13.7. The molecule has 1 aliphatic rings. The summed E-state index contributed by atoms with van der Waals surface area (Å²) in [7, 11) is 0. The van der Waals surface area contributed by atoms with Crippen LogP contribution < -0.4 is 5.32 Å². The predicted octanol–water partition coefficient (Wildman–Crippen LogP) is 2.85. The second-order valence-corrected chi connectivity index (χ2v) is 5.53. The molecule has 0 aliphatic carbocycles. The van der Waals surface area contributed by atoms with E-state index in [1.165, 1.54) is 12.1 Å². The number of nitrogens with one attached hydrogen (secondary N) is 1. The van der Waals surface area contributed by atoms with Crippen molar-refractivity contribution in [2.24, 2.45) is 0 Å². The van der Waals surface area contributed by atoms with Gasteiger partial charge in [0.1, 0.15) is 11.6 Å². The first-order chi connectivity index (χ1) is 10.1. The predicted molar refractivity (Wildman–Crippen MR) is 77.7 cm³/mol. The third-order valence-electron chi connectivity index (χ3n) is 3.79. The number of halogens is 2. The summed E-state index contributed by atoms with van der Waals surface area (Å²) in [5.74, 6) is -1.04. The highest BCUT2D eigenvalue weighted by Gasteiger charge is 2.13. The number of carbonyl (C=O) groups is 1. The Morgan fingerprint density at radius 2 is 1.90 bits per heavy atom. The number of amides is 1. The SMILES string of the molecule is O=C1CCN(Cc2ccc(F)cc2F)CCCCCCN1. The molecule has 1 saturated heterocycles. The minimum absolute atomic E-state index is 0.0430. The van der Waals surface area contributed by atoms with Crippen LogP contribution in [0.25, 0.3) is 0 Å². The fourth-order valence-electron chi connectivity index (χ4n) is 2.55. The standard InChI is InChI=1S/C16H22F2N2O/c17-14-6-5-13(15(18)11-14)12-20-9-4-2-1-3-8-19-16(21)7-10-20/h5-6,11H,1-4,7-10,12H2,(H,19,21). The maximum absolute atomic E-state index is 13.7. The van der Waals surface area contributed by atoms with Gasteiger partial charge in [0.05, 0.1) is 0 Å². The molecule has 1 aliphatic heterocycles. The van der Waals surface area contributed by atoms with E-state index in [1.54, 1.807) is 0 Å². The Morgan fingerprint density at radius 1 is 1.10 bits per heavy atom. The summed E-state index contributed by atoms with van der Waals surface area (Å²) >= 11 is 0. The molecular formula is C16H22F2N2O. The molecule has 1 N–H and O–H groups in total. The zero-order chi connectivity index (χ0) is 15.1. The maximum Gasteiger partial charge on any atom is 0.221 e. The molecule has 0 bridgehead atoms. The second-order valence-electron chi connectivity index (χ2n) is 5.53. The van der Waals surface area contributed by atoms with E-state index in [9.17, 15) is 13.6 Å². The molecule has 2 rings (SSSR count). The molecule has 0 spiro atoms. The molecule has 1 heterocycles. The third-order valence-corrected chi connectivity index (χ3v) is 3.79. The van der Waals surface area contributed by atoms with Gasteiger partial charge in [-0.15, -0.1) is 0 Å². The van der Waals surface area contributed by atoms with Gasteiger partial charge in [0, 0.05) is 37.7 Å². The monoisotopic (exact) mass is 296 g/mol. The minimum atomic E-state index is -0.562. The van der Waals surface area contributed by atoms with Gasteiger partial charge in [-0.25, -0.2) is 8.78 Å². The van der Waals surface area contributed by atoms with Crippen LogP contribution in [0, 0.1) is 11.6 Å². The summed E-state index contributed by atoms with van der Waals surface area (Å²) in [4.78, 5) is 13.7. The smallest absolute Gasteiger partial charge is 0.221 e. The number of rotatable bonds is 2. The average molecular weight is 296 g/mol. The Kier molecular flexibility index (Phi) is 6.11. The number of benzene rings is 1. The molecule has 21 heavy (non-hydrogen) atoms. The number of nitrogens with zero attached hydrogens (tertiary/aromatic N) is 1. The van der Waals surface area contributed by atoms with Gasteiger partial charge in [-0.1, -0.05) is 18.9 Å². The summed E-state index contributed by atoms with van der Waals surface area (Å²) in [6.45, 7) is 2.59. The molecule has 1 amide bonds. The van der Waals surface area contributed by atoms with Gasteiger partial charge in [0.2, 0.25) is 5.91 Å².